The number of furan rings is 2. The molecule has 2 heterocycles. The quantitative estimate of drug-likeness (QED) is 0.166. The largest absolute Gasteiger partial charge is 0.456 e. The zero-order valence-corrected chi connectivity index (χ0v) is 34.8. The van der Waals surface area contributed by atoms with Crippen LogP contribution >= 0.6 is 0 Å². The minimum absolute atomic E-state index is 0.177. The van der Waals surface area contributed by atoms with Gasteiger partial charge in [-0.1, -0.05) is 166 Å². The fourth-order valence-corrected chi connectivity index (χ4v) is 11.2. The summed E-state index contributed by atoms with van der Waals surface area (Å²) >= 11 is 0. The van der Waals surface area contributed by atoms with Gasteiger partial charge in [0, 0.05) is 38.4 Å². The van der Waals surface area contributed by atoms with Crippen LogP contribution in [0.3, 0.4) is 0 Å². The summed E-state index contributed by atoms with van der Waals surface area (Å²) in [6, 6.07) is 71.4. The van der Waals surface area contributed by atoms with E-state index in [1.165, 1.54) is 87.8 Å². The van der Waals surface area contributed by atoms with E-state index < -0.39 is 0 Å². The molecule has 0 unspecified atom stereocenters. The van der Waals surface area contributed by atoms with Crippen LogP contribution in [0.4, 0.5) is 0 Å². The van der Waals surface area contributed by atoms with Gasteiger partial charge in [0.2, 0.25) is 0 Å². The Hall–Kier alpha value is -7.94. The molecule has 11 aromatic carbocycles. The Bertz CT molecular complexity index is 4060. The molecule has 2 heteroatoms. The van der Waals surface area contributed by atoms with E-state index in [1.54, 1.807) is 0 Å². The van der Waals surface area contributed by atoms with Crippen LogP contribution in [-0.4, -0.2) is 0 Å². The molecule has 1 aliphatic rings. The van der Waals surface area contributed by atoms with Crippen molar-refractivity contribution < 1.29 is 8.83 Å². The molecule has 2 aromatic heterocycles. The monoisotopic (exact) mass is 802 g/mol. The Morgan fingerprint density at radius 3 is 1.65 bits per heavy atom. The summed E-state index contributed by atoms with van der Waals surface area (Å²) in [5, 5.41) is 14.4. The standard InChI is InChI=1S/C61H38O2/c1-61(2)53-29-25-37(38-23-27-43-51-33-52-49-28-22-36-13-4-6-16-41(36)60(49)63-57(52)34-56(51)62-55(43)32-38)30-50(53)42-26-24-39(31-54(42)61)58-45-17-7-9-19-47(45)59(48-20-10-8-18-46(48)58)44-21-11-14-35-12-3-5-15-40(35)44/h3-34H,1-2H3. The van der Waals surface area contributed by atoms with Crippen LogP contribution in [-0.2, 0) is 5.41 Å². The van der Waals surface area contributed by atoms with E-state index in [2.05, 4.69) is 208 Å². The van der Waals surface area contributed by atoms with Crippen LogP contribution in [0, 0.1) is 0 Å². The highest BCUT2D eigenvalue weighted by molar-refractivity contribution is 6.24. The van der Waals surface area contributed by atoms with Gasteiger partial charge in [0.25, 0.3) is 0 Å². The maximum absolute atomic E-state index is 6.60. The van der Waals surface area contributed by atoms with Crippen LogP contribution in [0.2, 0.25) is 0 Å². The Balaban J connectivity index is 0.885. The van der Waals surface area contributed by atoms with Crippen molar-refractivity contribution in [3.63, 3.8) is 0 Å². The first-order valence-corrected chi connectivity index (χ1v) is 21.9. The highest BCUT2D eigenvalue weighted by Crippen LogP contribution is 2.53. The predicted octanol–water partition coefficient (Wildman–Crippen LogP) is 17.4. The van der Waals surface area contributed by atoms with E-state index in [0.29, 0.717) is 0 Å². The lowest BCUT2D eigenvalue weighted by Gasteiger charge is -2.23. The molecule has 63 heavy (non-hydrogen) atoms. The lowest BCUT2D eigenvalue weighted by atomic mass is 9.80. The van der Waals surface area contributed by atoms with Crippen molar-refractivity contribution in [2.75, 3.05) is 0 Å². The highest BCUT2D eigenvalue weighted by atomic mass is 16.3. The fourth-order valence-electron chi connectivity index (χ4n) is 11.2. The second kappa shape index (κ2) is 12.6. The first-order chi connectivity index (χ1) is 31.0. The number of fused-ring (bicyclic) bond motifs is 14. The lowest BCUT2D eigenvalue weighted by Crippen LogP contribution is -2.15. The van der Waals surface area contributed by atoms with E-state index in [-0.39, 0.29) is 5.41 Å². The summed E-state index contributed by atoms with van der Waals surface area (Å²) < 4.78 is 13.1. The SMILES string of the molecule is CC1(C)c2ccc(-c3ccc4c(c3)oc3cc5oc6c7ccccc7ccc6c5cc34)cc2-c2ccc(-c3c4ccccc4c(-c4cccc5ccccc45)c4ccccc34)cc21. The summed E-state index contributed by atoms with van der Waals surface area (Å²) in [5.74, 6) is 0. The Morgan fingerprint density at radius 1 is 0.302 bits per heavy atom. The van der Waals surface area contributed by atoms with Gasteiger partial charge in [-0.3, -0.25) is 0 Å². The van der Waals surface area contributed by atoms with Crippen molar-refractivity contribution >= 4 is 87.0 Å². The average Bonchev–Trinajstić information content (AvgIpc) is 3.95. The maximum atomic E-state index is 6.60. The van der Waals surface area contributed by atoms with Gasteiger partial charge in [-0.05, 0) is 130 Å². The van der Waals surface area contributed by atoms with E-state index >= 15 is 0 Å². The van der Waals surface area contributed by atoms with Gasteiger partial charge in [0.1, 0.15) is 22.3 Å². The second-order valence-electron chi connectivity index (χ2n) is 17.9. The third-order valence-corrected chi connectivity index (χ3v) is 14.2. The van der Waals surface area contributed by atoms with Crippen LogP contribution in [0.15, 0.2) is 203 Å². The van der Waals surface area contributed by atoms with Gasteiger partial charge < -0.3 is 8.83 Å². The van der Waals surface area contributed by atoms with Crippen LogP contribution in [0.1, 0.15) is 25.0 Å². The van der Waals surface area contributed by atoms with Crippen molar-refractivity contribution in [2.45, 2.75) is 19.3 Å². The molecular weight excluding hydrogens is 765 g/mol. The second-order valence-corrected chi connectivity index (χ2v) is 17.9. The first-order valence-electron chi connectivity index (χ1n) is 21.9. The summed E-state index contributed by atoms with van der Waals surface area (Å²) in [6.45, 7) is 4.76. The lowest BCUT2D eigenvalue weighted by molar-refractivity contribution is 0.658. The van der Waals surface area contributed by atoms with Crippen molar-refractivity contribution in [3.05, 3.63) is 205 Å². The molecular formula is C61H38O2. The number of benzene rings is 11. The zero-order chi connectivity index (χ0) is 41.6. The van der Waals surface area contributed by atoms with E-state index in [1.807, 2.05) is 0 Å². The van der Waals surface area contributed by atoms with Gasteiger partial charge >= 0.3 is 0 Å². The van der Waals surface area contributed by atoms with Crippen molar-refractivity contribution in [1.29, 1.82) is 0 Å². The van der Waals surface area contributed by atoms with E-state index in [9.17, 15) is 0 Å². The zero-order valence-electron chi connectivity index (χ0n) is 34.8. The molecule has 13 aromatic rings. The average molecular weight is 803 g/mol. The Labute approximate surface area is 363 Å². The van der Waals surface area contributed by atoms with Gasteiger partial charge in [-0.15, -0.1) is 0 Å². The van der Waals surface area contributed by atoms with Gasteiger partial charge in [0.15, 0.2) is 0 Å². The topological polar surface area (TPSA) is 26.3 Å². The molecule has 0 N–H and O–H groups in total. The Kier molecular flexibility index (Phi) is 6.93. The van der Waals surface area contributed by atoms with E-state index in [0.717, 1.165) is 54.8 Å². The normalized spacial score (nSPS) is 13.4. The van der Waals surface area contributed by atoms with Gasteiger partial charge in [-0.2, -0.15) is 0 Å². The molecule has 14 rings (SSSR count). The summed E-state index contributed by atoms with van der Waals surface area (Å²) in [4.78, 5) is 0. The smallest absolute Gasteiger partial charge is 0.143 e. The summed E-state index contributed by atoms with van der Waals surface area (Å²) in [5.41, 5.74) is 16.0. The molecule has 1 aliphatic carbocycles. The minimum atomic E-state index is -0.177. The van der Waals surface area contributed by atoms with Crippen molar-refractivity contribution in [1.82, 2.24) is 0 Å². The molecule has 0 radical (unpaired) electrons. The van der Waals surface area contributed by atoms with Crippen LogP contribution < -0.4 is 0 Å². The van der Waals surface area contributed by atoms with Crippen molar-refractivity contribution in [3.8, 4) is 44.5 Å². The molecule has 0 aliphatic heterocycles. The molecule has 2 nitrogen and oxygen atoms in total. The molecule has 0 atom stereocenters. The predicted molar refractivity (Wildman–Crippen MR) is 265 cm³/mol. The first kappa shape index (κ1) is 34.7. The number of rotatable bonds is 3. The van der Waals surface area contributed by atoms with Crippen LogP contribution in [0.5, 0.6) is 0 Å². The maximum Gasteiger partial charge on any atom is 0.143 e. The molecule has 0 saturated carbocycles. The van der Waals surface area contributed by atoms with Gasteiger partial charge in [0.05, 0.1) is 0 Å². The van der Waals surface area contributed by atoms with Crippen molar-refractivity contribution in [2.24, 2.45) is 0 Å². The number of hydrogen-bond acceptors (Lipinski definition) is 2. The number of hydrogen-bond donors (Lipinski definition) is 0. The van der Waals surface area contributed by atoms with Gasteiger partial charge in [-0.25, -0.2) is 0 Å². The highest BCUT2D eigenvalue weighted by Gasteiger charge is 2.36. The third kappa shape index (κ3) is 4.84. The minimum Gasteiger partial charge on any atom is -0.456 e. The third-order valence-electron chi connectivity index (χ3n) is 14.2. The summed E-state index contributed by atoms with van der Waals surface area (Å²) in [7, 11) is 0. The molecule has 0 saturated heterocycles. The molecule has 0 spiro atoms. The molecule has 0 bridgehead atoms. The molecule has 0 amide bonds. The molecule has 294 valence electrons. The van der Waals surface area contributed by atoms with E-state index in [4.69, 9.17) is 8.83 Å². The summed E-state index contributed by atoms with van der Waals surface area (Å²) in [6.07, 6.45) is 0. The fraction of sp³-hybridized carbons (Fsp3) is 0.0492. The van der Waals surface area contributed by atoms with Crippen LogP contribution in [0.25, 0.3) is 131 Å². The molecule has 0 fully saturated rings. The Morgan fingerprint density at radius 2 is 0.873 bits per heavy atom.